The Morgan fingerprint density at radius 3 is 1.73 bits per heavy atom. The van der Waals surface area contributed by atoms with Crippen molar-refractivity contribution in [2.45, 2.75) is 82.2 Å². The van der Waals surface area contributed by atoms with E-state index in [0.29, 0.717) is 11.8 Å². The first-order valence-electron chi connectivity index (χ1n) is 15.7. The largest absolute Gasteiger partial charge is 0.206 e. The van der Waals surface area contributed by atoms with Crippen molar-refractivity contribution in [1.29, 1.82) is 0 Å². The highest BCUT2D eigenvalue weighted by molar-refractivity contribution is 7.02. The molecular formula is C38H43FSi. The van der Waals surface area contributed by atoms with Crippen LogP contribution in [0.3, 0.4) is 0 Å². The lowest BCUT2D eigenvalue weighted by atomic mass is 9.77. The normalized spacial score (nSPS) is 21.2. The number of hydrogen-bond donors (Lipinski definition) is 0. The van der Waals surface area contributed by atoms with Crippen LogP contribution in [0.1, 0.15) is 81.3 Å². The average Bonchev–Trinajstić information content (AvgIpc) is 3.03. The summed E-state index contributed by atoms with van der Waals surface area (Å²) in [6.07, 6.45) is 10.3. The van der Waals surface area contributed by atoms with E-state index in [1.54, 1.807) is 10.4 Å². The molecule has 0 N–H and O–H groups in total. The smallest absolute Gasteiger partial charge is 0.131 e. The minimum atomic E-state index is -1.81. The molecule has 0 amide bonds. The van der Waals surface area contributed by atoms with E-state index in [1.807, 2.05) is 12.1 Å². The van der Waals surface area contributed by atoms with Gasteiger partial charge in [0.25, 0.3) is 0 Å². The van der Waals surface area contributed by atoms with Crippen LogP contribution in [0, 0.1) is 11.7 Å². The highest BCUT2D eigenvalue weighted by Crippen LogP contribution is 2.40. The van der Waals surface area contributed by atoms with Gasteiger partial charge in [0.2, 0.25) is 0 Å². The first kappa shape index (κ1) is 27.2. The van der Waals surface area contributed by atoms with Gasteiger partial charge in [0, 0.05) is 5.56 Å². The van der Waals surface area contributed by atoms with E-state index >= 15 is 4.39 Å². The monoisotopic (exact) mass is 546 g/mol. The molecule has 0 spiro atoms. The van der Waals surface area contributed by atoms with Crippen molar-refractivity contribution in [2.75, 3.05) is 0 Å². The molecule has 0 radical (unpaired) electrons. The van der Waals surface area contributed by atoms with Crippen LogP contribution in [0.2, 0.25) is 12.1 Å². The van der Waals surface area contributed by atoms with Gasteiger partial charge in [-0.1, -0.05) is 127 Å². The van der Waals surface area contributed by atoms with E-state index in [2.05, 4.69) is 97.9 Å². The number of halogens is 1. The Labute approximate surface area is 241 Å². The lowest BCUT2D eigenvalue weighted by Gasteiger charge is -2.39. The van der Waals surface area contributed by atoms with Crippen LogP contribution in [-0.4, -0.2) is 8.07 Å². The quantitative estimate of drug-likeness (QED) is 0.202. The molecule has 206 valence electrons. The molecule has 1 saturated carbocycles. The third-order valence-electron chi connectivity index (χ3n) is 10.2. The Kier molecular flexibility index (Phi) is 8.34. The number of hydrogen-bond acceptors (Lipinski definition) is 0. The molecule has 1 aliphatic heterocycles. The summed E-state index contributed by atoms with van der Waals surface area (Å²) >= 11 is 0. The number of benzene rings is 4. The fraction of sp³-hybridized carbons (Fsp3) is 0.368. The first-order chi connectivity index (χ1) is 19.7. The van der Waals surface area contributed by atoms with Crippen LogP contribution in [0.15, 0.2) is 103 Å². The molecule has 1 saturated heterocycles. The zero-order valence-corrected chi connectivity index (χ0v) is 25.0. The molecule has 0 nitrogen and oxygen atoms in total. The average molecular weight is 547 g/mol. The van der Waals surface area contributed by atoms with Crippen molar-refractivity contribution in [3.63, 3.8) is 0 Å². The van der Waals surface area contributed by atoms with Crippen molar-refractivity contribution in [3.05, 3.63) is 120 Å². The summed E-state index contributed by atoms with van der Waals surface area (Å²) in [6, 6.07) is 39.7. The summed E-state index contributed by atoms with van der Waals surface area (Å²) in [5.41, 5.74) is 4.33. The van der Waals surface area contributed by atoms with E-state index in [0.717, 1.165) is 29.9 Å². The van der Waals surface area contributed by atoms with Crippen molar-refractivity contribution in [1.82, 2.24) is 0 Å². The Morgan fingerprint density at radius 1 is 0.625 bits per heavy atom. The van der Waals surface area contributed by atoms with Crippen molar-refractivity contribution < 1.29 is 4.39 Å². The minimum Gasteiger partial charge on any atom is -0.206 e. The van der Waals surface area contributed by atoms with Crippen LogP contribution in [0.25, 0.3) is 11.1 Å². The lowest BCUT2D eigenvalue weighted by Crippen LogP contribution is -2.59. The summed E-state index contributed by atoms with van der Waals surface area (Å²) in [5.74, 6) is 1.95. The summed E-state index contributed by atoms with van der Waals surface area (Å²) < 4.78 is 15.6. The summed E-state index contributed by atoms with van der Waals surface area (Å²) in [4.78, 5) is 0. The third-order valence-corrected chi connectivity index (χ3v) is 15.4. The Bertz CT molecular complexity index is 1320. The van der Waals surface area contributed by atoms with Crippen molar-refractivity contribution in [2.24, 2.45) is 5.92 Å². The van der Waals surface area contributed by atoms with E-state index in [9.17, 15) is 0 Å². The Hall–Kier alpha value is -2.97. The molecule has 1 heterocycles. The predicted molar refractivity (Wildman–Crippen MR) is 171 cm³/mol. The maximum atomic E-state index is 15.6. The first-order valence-corrected chi connectivity index (χ1v) is 18.1. The molecule has 0 bridgehead atoms. The van der Waals surface area contributed by atoms with Crippen molar-refractivity contribution in [3.8, 4) is 11.1 Å². The standard InChI is InChI=1S/C38H43FSi/c1-2-9-29-14-16-30(17-15-29)31-18-20-33(21-19-31)37-23-22-34(28-38(37)39)32-24-26-40(27-25-32,35-10-5-3-6-11-35)36-12-7-4-8-13-36/h3-8,10-13,18-23,28-30,32H,2,9,14-17,24-27H2,1H3. The van der Waals surface area contributed by atoms with Crippen molar-refractivity contribution >= 4 is 18.4 Å². The van der Waals surface area contributed by atoms with Gasteiger partial charge in [-0.2, -0.15) is 0 Å². The highest BCUT2D eigenvalue weighted by atomic mass is 28.3. The second-order valence-electron chi connectivity index (χ2n) is 12.5. The molecule has 1 aliphatic carbocycles. The molecule has 0 unspecified atom stereocenters. The second kappa shape index (κ2) is 12.3. The summed E-state index contributed by atoms with van der Waals surface area (Å²) in [7, 11) is -1.81. The van der Waals surface area contributed by atoms with E-state index in [-0.39, 0.29) is 5.82 Å². The van der Waals surface area contributed by atoms with Gasteiger partial charge in [0.1, 0.15) is 13.9 Å². The molecule has 4 aromatic rings. The molecule has 4 aromatic carbocycles. The summed E-state index contributed by atoms with van der Waals surface area (Å²) in [6.45, 7) is 2.30. The molecule has 2 fully saturated rings. The van der Waals surface area contributed by atoms with Gasteiger partial charge in [-0.25, -0.2) is 4.39 Å². The van der Waals surface area contributed by atoms with Crippen LogP contribution >= 0.6 is 0 Å². The van der Waals surface area contributed by atoms with E-state index in [1.165, 1.54) is 61.7 Å². The zero-order valence-electron chi connectivity index (χ0n) is 24.0. The van der Waals surface area contributed by atoms with Gasteiger partial charge in [-0.15, -0.1) is 0 Å². The van der Waals surface area contributed by atoms with Crippen LogP contribution in [0.5, 0.6) is 0 Å². The van der Waals surface area contributed by atoms with E-state index in [4.69, 9.17) is 0 Å². The van der Waals surface area contributed by atoms with Crippen LogP contribution in [0.4, 0.5) is 4.39 Å². The fourth-order valence-electron chi connectivity index (χ4n) is 7.85. The van der Waals surface area contributed by atoms with E-state index < -0.39 is 8.07 Å². The lowest BCUT2D eigenvalue weighted by molar-refractivity contribution is 0.308. The van der Waals surface area contributed by atoms with Crippen LogP contribution < -0.4 is 10.4 Å². The van der Waals surface area contributed by atoms with Gasteiger partial charge in [0.05, 0.1) is 0 Å². The topological polar surface area (TPSA) is 0 Å². The molecule has 2 heteroatoms. The third kappa shape index (κ3) is 5.61. The maximum absolute atomic E-state index is 15.6. The molecule has 6 rings (SSSR count). The second-order valence-corrected chi connectivity index (χ2v) is 16.8. The van der Waals surface area contributed by atoms with Gasteiger partial charge in [-0.05, 0) is 91.1 Å². The molecule has 0 atom stereocenters. The zero-order chi connectivity index (χ0) is 27.4. The van der Waals surface area contributed by atoms with Gasteiger partial charge >= 0.3 is 0 Å². The summed E-state index contributed by atoms with van der Waals surface area (Å²) in [5, 5.41) is 3.08. The van der Waals surface area contributed by atoms with Crippen LogP contribution in [-0.2, 0) is 0 Å². The molecule has 2 aliphatic rings. The maximum Gasteiger partial charge on any atom is 0.131 e. The Balaban J connectivity index is 1.15. The van der Waals surface area contributed by atoms with Gasteiger partial charge < -0.3 is 0 Å². The fourth-order valence-corrected chi connectivity index (χ4v) is 12.9. The Morgan fingerprint density at radius 2 is 1.18 bits per heavy atom. The predicted octanol–water partition coefficient (Wildman–Crippen LogP) is 9.71. The molecular weight excluding hydrogens is 504 g/mol. The van der Waals surface area contributed by atoms with Gasteiger partial charge in [0.15, 0.2) is 0 Å². The SMILES string of the molecule is CCCC1CCC(c2ccc(-c3ccc(C4CC[Si](c5ccccc5)(c5ccccc5)CC4)cc3F)cc2)CC1. The molecule has 0 aromatic heterocycles. The minimum absolute atomic E-state index is 0.0782. The number of rotatable bonds is 7. The molecule has 40 heavy (non-hydrogen) atoms. The highest BCUT2D eigenvalue weighted by Gasteiger charge is 2.41. The van der Waals surface area contributed by atoms with Gasteiger partial charge in [-0.3, -0.25) is 0 Å².